The summed E-state index contributed by atoms with van der Waals surface area (Å²) in [6.07, 6.45) is 0. The van der Waals surface area contributed by atoms with Crippen molar-refractivity contribution in [2.75, 3.05) is 5.73 Å². The molecular weight excluding hydrogens is 260 g/mol. The minimum absolute atomic E-state index is 0.0267. The lowest BCUT2D eigenvalue weighted by atomic mass is 9.97. The zero-order valence-corrected chi connectivity index (χ0v) is 11.3. The van der Waals surface area contributed by atoms with Crippen LogP contribution in [0.15, 0.2) is 36.4 Å². The number of nitrogens with two attached hydrogens (primary N) is 1. The molecule has 0 unspecified atom stereocenters. The van der Waals surface area contributed by atoms with Gasteiger partial charge in [0.15, 0.2) is 17.4 Å². The van der Waals surface area contributed by atoms with Crippen LogP contribution in [0.5, 0.6) is 0 Å². The second-order valence-electron chi connectivity index (χ2n) is 4.96. The van der Waals surface area contributed by atoms with Gasteiger partial charge in [0.2, 0.25) is 0 Å². The summed E-state index contributed by atoms with van der Waals surface area (Å²) in [5, 5.41) is 0. The Hall–Kier alpha value is -2.23. The second kappa shape index (κ2) is 5.41. The molecule has 0 aromatic heterocycles. The van der Waals surface area contributed by atoms with Crippen molar-refractivity contribution in [1.29, 1.82) is 0 Å². The van der Waals surface area contributed by atoms with E-state index in [2.05, 4.69) is 0 Å². The van der Waals surface area contributed by atoms with Crippen molar-refractivity contribution in [2.24, 2.45) is 0 Å². The van der Waals surface area contributed by atoms with E-state index in [4.69, 9.17) is 5.73 Å². The van der Waals surface area contributed by atoms with Crippen molar-refractivity contribution >= 4 is 11.5 Å². The fourth-order valence-electron chi connectivity index (χ4n) is 1.93. The summed E-state index contributed by atoms with van der Waals surface area (Å²) in [6.45, 7) is 4.09. The van der Waals surface area contributed by atoms with E-state index >= 15 is 0 Å². The first-order valence-electron chi connectivity index (χ1n) is 6.29. The molecule has 0 saturated heterocycles. The van der Waals surface area contributed by atoms with Gasteiger partial charge in [-0.2, -0.15) is 0 Å². The summed E-state index contributed by atoms with van der Waals surface area (Å²) in [5.41, 5.74) is 6.98. The third kappa shape index (κ3) is 2.69. The van der Waals surface area contributed by atoms with E-state index in [1.54, 1.807) is 12.1 Å². The molecule has 0 aliphatic carbocycles. The number of carbonyl (C=O) groups is 1. The number of ketones is 1. The molecule has 0 atom stereocenters. The summed E-state index contributed by atoms with van der Waals surface area (Å²) < 4.78 is 26.2. The molecule has 2 N–H and O–H groups in total. The zero-order chi connectivity index (χ0) is 14.9. The van der Waals surface area contributed by atoms with Crippen molar-refractivity contribution in [2.45, 2.75) is 19.8 Å². The maximum atomic E-state index is 13.2. The van der Waals surface area contributed by atoms with Gasteiger partial charge in [0.05, 0.1) is 0 Å². The average Bonchev–Trinajstić information content (AvgIpc) is 2.42. The Morgan fingerprint density at radius 1 is 1.05 bits per heavy atom. The molecule has 0 saturated carbocycles. The van der Waals surface area contributed by atoms with Crippen LogP contribution in [0, 0.1) is 11.6 Å². The number of hydrogen-bond acceptors (Lipinski definition) is 2. The molecular formula is C16H15F2NO. The number of nitrogen functional groups attached to an aromatic ring is 1. The fourth-order valence-corrected chi connectivity index (χ4v) is 1.93. The van der Waals surface area contributed by atoms with Gasteiger partial charge in [0, 0.05) is 22.9 Å². The number of rotatable bonds is 3. The highest BCUT2D eigenvalue weighted by Gasteiger charge is 2.16. The van der Waals surface area contributed by atoms with Gasteiger partial charge in [-0.05, 0) is 17.5 Å². The molecule has 0 spiro atoms. The lowest BCUT2D eigenvalue weighted by molar-refractivity contribution is 0.103. The topological polar surface area (TPSA) is 43.1 Å². The highest BCUT2D eigenvalue weighted by molar-refractivity contribution is 6.12. The summed E-state index contributed by atoms with van der Waals surface area (Å²) in [4.78, 5) is 12.2. The van der Waals surface area contributed by atoms with Gasteiger partial charge in [-0.25, -0.2) is 8.78 Å². The van der Waals surface area contributed by atoms with Gasteiger partial charge >= 0.3 is 0 Å². The summed E-state index contributed by atoms with van der Waals surface area (Å²) in [6, 6.07) is 8.67. The lowest BCUT2D eigenvalue weighted by Crippen LogP contribution is -2.07. The van der Waals surface area contributed by atoms with E-state index < -0.39 is 17.4 Å². The third-order valence-electron chi connectivity index (χ3n) is 3.18. The van der Waals surface area contributed by atoms with E-state index in [0.29, 0.717) is 11.5 Å². The van der Waals surface area contributed by atoms with Gasteiger partial charge in [0.1, 0.15) is 0 Å². The quantitative estimate of drug-likeness (QED) is 0.682. The minimum Gasteiger partial charge on any atom is -0.398 e. The van der Waals surface area contributed by atoms with E-state index in [9.17, 15) is 13.6 Å². The van der Waals surface area contributed by atoms with E-state index in [-0.39, 0.29) is 11.3 Å². The van der Waals surface area contributed by atoms with Gasteiger partial charge < -0.3 is 5.73 Å². The molecule has 2 aromatic rings. The molecule has 0 bridgehead atoms. The Morgan fingerprint density at radius 2 is 1.60 bits per heavy atom. The fraction of sp³-hybridized carbons (Fsp3) is 0.188. The Morgan fingerprint density at radius 3 is 2.15 bits per heavy atom. The third-order valence-corrected chi connectivity index (χ3v) is 3.18. The predicted octanol–water partition coefficient (Wildman–Crippen LogP) is 3.90. The zero-order valence-electron chi connectivity index (χ0n) is 11.3. The van der Waals surface area contributed by atoms with E-state index in [0.717, 1.165) is 17.7 Å². The van der Waals surface area contributed by atoms with Gasteiger partial charge in [0.25, 0.3) is 0 Å². The smallest absolute Gasteiger partial charge is 0.195 e. The maximum absolute atomic E-state index is 13.2. The minimum atomic E-state index is -1.08. The number of anilines is 1. The molecule has 2 rings (SSSR count). The maximum Gasteiger partial charge on any atom is 0.195 e. The van der Waals surface area contributed by atoms with Crippen molar-refractivity contribution in [1.82, 2.24) is 0 Å². The Kier molecular flexibility index (Phi) is 3.84. The highest BCUT2D eigenvalue weighted by Crippen LogP contribution is 2.22. The number of benzene rings is 2. The normalized spacial score (nSPS) is 10.8. The first kappa shape index (κ1) is 14.2. The van der Waals surface area contributed by atoms with Crippen LogP contribution in [0.1, 0.15) is 41.3 Å². The molecule has 2 nitrogen and oxygen atoms in total. The van der Waals surface area contributed by atoms with Crippen molar-refractivity contribution in [3.8, 4) is 0 Å². The summed E-state index contributed by atoms with van der Waals surface area (Å²) >= 11 is 0. The van der Waals surface area contributed by atoms with Crippen LogP contribution in [0.25, 0.3) is 0 Å². The van der Waals surface area contributed by atoms with E-state index in [1.165, 1.54) is 0 Å². The molecule has 2 aromatic carbocycles. The number of hydrogen-bond donors (Lipinski definition) is 1. The first-order valence-corrected chi connectivity index (χ1v) is 6.29. The molecule has 0 fully saturated rings. The number of halogens is 2. The average molecular weight is 275 g/mol. The molecule has 20 heavy (non-hydrogen) atoms. The van der Waals surface area contributed by atoms with Gasteiger partial charge in [-0.1, -0.05) is 38.1 Å². The molecule has 4 heteroatoms. The Labute approximate surface area is 116 Å². The standard InChI is InChI=1S/C16H15F2NO/c1-9(2)10-3-5-11(6-4-10)16(20)12-7-13(17)14(18)8-15(12)19/h3-9H,19H2,1-2H3. The summed E-state index contributed by atoms with van der Waals surface area (Å²) in [7, 11) is 0. The first-order chi connectivity index (χ1) is 9.40. The monoisotopic (exact) mass is 275 g/mol. The van der Waals surface area contributed by atoms with Crippen LogP contribution in [-0.2, 0) is 0 Å². The van der Waals surface area contributed by atoms with Crippen molar-refractivity contribution < 1.29 is 13.6 Å². The van der Waals surface area contributed by atoms with Crippen LogP contribution in [-0.4, -0.2) is 5.78 Å². The SMILES string of the molecule is CC(C)c1ccc(C(=O)c2cc(F)c(F)cc2N)cc1. The van der Waals surface area contributed by atoms with Crippen LogP contribution in [0.2, 0.25) is 0 Å². The van der Waals surface area contributed by atoms with Crippen molar-refractivity contribution in [3.05, 3.63) is 64.7 Å². The molecule has 0 radical (unpaired) electrons. The van der Waals surface area contributed by atoms with Crippen LogP contribution in [0.3, 0.4) is 0 Å². The molecule has 0 aliphatic rings. The Bertz CT molecular complexity index is 648. The molecule has 0 aliphatic heterocycles. The van der Waals surface area contributed by atoms with Crippen molar-refractivity contribution in [3.63, 3.8) is 0 Å². The molecule has 104 valence electrons. The molecule has 0 heterocycles. The van der Waals surface area contributed by atoms with Crippen LogP contribution >= 0.6 is 0 Å². The number of carbonyl (C=O) groups excluding carboxylic acids is 1. The second-order valence-corrected chi connectivity index (χ2v) is 4.96. The predicted molar refractivity (Wildman–Crippen MR) is 74.7 cm³/mol. The Balaban J connectivity index is 2.38. The molecule has 0 amide bonds. The lowest BCUT2D eigenvalue weighted by Gasteiger charge is -2.08. The highest BCUT2D eigenvalue weighted by atomic mass is 19.2. The van der Waals surface area contributed by atoms with Gasteiger partial charge in [-0.3, -0.25) is 4.79 Å². The van der Waals surface area contributed by atoms with Gasteiger partial charge in [-0.15, -0.1) is 0 Å². The van der Waals surface area contributed by atoms with E-state index in [1.807, 2.05) is 26.0 Å². The largest absolute Gasteiger partial charge is 0.398 e. The summed E-state index contributed by atoms with van der Waals surface area (Å²) in [5.74, 6) is -2.21. The van der Waals surface area contributed by atoms with Crippen LogP contribution in [0.4, 0.5) is 14.5 Å². The van der Waals surface area contributed by atoms with Crippen LogP contribution < -0.4 is 5.73 Å².